The van der Waals surface area contributed by atoms with Crippen molar-refractivity contribution in [3.05, 3.63) is 52.3 Å². The van der Waals surface area contributed by atoms with E-state index in [9.17, 15) is 4.79 Å². The standard InChI is InChI=1S/C16H15ClN6OS/c1-10-6-11(2)23-15(19-10)20-16(22-23)25-9-14(24)21-18-8-12-4-3-5-13(17)7-12/h3-8H,9H2,1-2H3,(H,21,24)/b18-8+. The van der Waals surface area contributed by atoms with E-state index in [0.29, 0.717) is 16.0 Å². The van der Waals surface area contributed by atoms with Crippen LogP contribution in [0.4, 0.5) is 0 Å². The Morgan fingerprint density at radius 1 is 1.36 bits per heavy atom. The summed E-state index contributed by atoms with van der Waals surface area (Å²) in [5, 5.41) is 9.35. The SMILES string of the molecule is Cc1cc(C)n2nc(SCC(=O)N/N=C/c3cccc(Cl)c3)nc2n1. The average molecular weight is 375 g/mol. The summed E-state index contributed by atoms with van der Waals surface area (Å²) < 4.78 is 1.66. The zero-order valence-corrected chi connectivity index (χ0v) is 15.2. The lowest BCUT2D eigenvalue weighted by Gasteiger charge is -1.98. The topological polar surface area (TPSA) is 84.5 Å². The van der Waals surface area contributed by atoms with Crippen LogP contribution in [0.3, 0.4) is 0 Å². The predicted molar refractivity (Wildman–Crippen MR) is 98.2 cm³/mol. The van der Waals surface area contributed by atoms with Gasteiger partial charge in [0.2, 0.25) is 5.16 Å². The summed E-state index contributed by atoms with van der Waals surface area (Å²) in [6.07, 6.45) is 1.54. The van der Waals surface area contributed by atoms with Gasteiger partial charge in [-0.2, -0.15) is 10.1 Å². The maximum absolute atomic E-state index is 11.9. The van der Waals surface area contributed by atoms with Crippen molar-refractivity contribution in [3.8, 4) is 0 Å². The molecule has 0 fully saturated rings. The van der Waals surface area contributed by atoms with Crippen LogP contribution < -0.4 is 5.43 Å². The van der Waals surface area contributed by atoms with Crippen molar-refractivity contribution < 1.29 is 4.79 Å². The van der Waals surface area contributed by atoms with E-state index in [0.717, 1.165) is 17.0 Å². The summed E-state index contributed by atoms with van der Waals surface area (Å²) in [6, 6.07) is 9.10. The van der Waals surface area contributed by atoms with E-state index in [2.05, 4.69) is 25.6 Å². The van der Waals surface area contributed by atoms with Crippen LogP contribution in [0, 0.1) is 13.8 Å². The van der Waals surface area contributed by atoms with E-state index in [1.807, 2.05) is 32.0 Å². The van der Waals surface area contributed by atoms with Crippen LogP contribution in [-0.2, 0) is 4.79 Å². The first kappa shape index (κ1) is 17.4. The molecule has 0 aliphatic rings. The second-order valence-electron chi connectivity index (χ2n) is 5.28. The van der Waals surface area contributed by atoms with Gasteiger partial charge in [-0.25, -0.2) is 14.9 Å². The van der Waals surface area contributed by atoms with Crippen LogP contribution in [0.1, 0.15) is 17.0 Å². The van der Waals surface area contributed by atoms with Crippen LogP contribution in [0.2, 0.25) is 5.02 Å². The van der Waals surface area contributed by atoms with Gasteiger partial charge in [0.05, 0.1) is 12.0 Å². The smallest absolute Gasteiger partial charge is 0.253 e. The summed E-state index contributed by atoms with van der Waals surface area (Å²) in [5.41, 5.74) is 5.09. The molecule has 3 rings (SSSR count). The third kappa shape index (κ3) is 4.55. The molecule has 0 saturated carbocycles. The van der Waals surface area contributed by atoms with Gasteiger partial charge in [0, 0.05) is 16.4 Å². The molecule has 7 nitrogen and oxygen atoms in total. The molecule has 1 aromatic carbocycles. The van der Waals surface area contributed by atoms with Crippen molar-refractivity contribution in [2.75, 3.05) is 5.75 Å². The first-order chi connectivity index (χ1) is 12.0. The number of benzene rings is 1. The molecular weight excluding hydrogens is 360 g/mol. The minimum atomic E-state index is -0.247. The maximum Gasteiger partial charge on any atom is 0.253 e. The van der Waals surface area contributed by atoms with Crippen molar-refractivity contribution in [3.63, 3.8) is 0 Å². The first-order valence-electron chi connectivity index (χ1n) is 7.42. The lowest BCUT2D eigenvalue weighted by molar-refractivity contribution is -0.118. The summed E-state index contributed by atoms with van der Waals surface area (Å²) in [7, 11) is 0. The Labute approximate surface area is 153 Å². The highest BCUT2D eigenvalue weighted by Gasteiger charge is 2.10. The van der Waals surface area contributed by atoms with Gasteiger partial charge in [-0.05, 0) is 37.6 Å². The number of fused-ring (bicyclic) bond motifs is 1. The number of halogens is 1. The molecule has 25 heavy (non-hydrogen) atoms. The zero-order chi connectivity index (χ0) is 17.8. The van der Waals surface area contributed by atoms with E-state index < -0.39 is 0 Å². The molecule has 0 aliphatic heterocycles. The maximum atomic E-state index is 11.9. The molecule has 0 bridgehead atoms. The van der Waals surface area contributed by atoms with Gasteiger partial charge >= 0.3 is 0 Å². The van der Waals surface area contributed by atoms with Gasteiger partial charge in [0.15, 0.2) is 0 Å². The molecular formula is C16H15ClN6OS. The van der Waals surface area contributed by atoms with Gasteiger partial charge in [-0.15, -0.1) is 5.10 Å². The summed E-state index contributed by atoms with van der Waals surface area (Å²) in [5.74, 6) is 0.435. The second-order valence-corrected chi connectivity index (χ2v) is 6.66. The van der Waals surface area contributed by atoms with Gasteiger partial charge in [0.25, 0.3) is 11.7 Å². The highest BCUT2D eigenvalue weighted by Crippen LogP contribution is 2.15. The number of nitrogens with zero attached hydrogens (tertiary/aromatic N) is 5. The van der Waals surface area contributed by atoms with Crippen LogP contribution in [0.25, 0.3) is 5.78 Å². The first-order valence-corrected chi connectivity index (χ1v) is 8.79. The number of hydrogen-bond acceptors (Lipinski definition) is 6. The summed E-state index contributed by atoms with van der Waals surface area (Å²) in [4.78, 5) is 20.5. The number of carbonyl (C=O) groups is 1. The molecule has 9 heteroatoms. The number of nitrogens with one attached hydrogen (secondary N) is 1. The van der Waals surface area contributed by atoms with E-state index >= 15 is 0 Å². The molecule has 0 atom stereocenters. The molecule has 128 valence electrons. The fourth-order valence-corrected chi connectivity index (χ4v) is 2.95. The Morgan fingerprint density at radius 2 is 2.20 bits per heavy atom. The Morgan fingerprint density at radius 3 is 3.00 bits per heavy atom. The van der Waals surface area contributed by atoms with E-state index in [1.54, 1.807) is 16.6 Å². The van der Waals surface area contributed by atoms with Crippen molar-refractivity contribution >= 4 is 41.3 Å². The third-order valence-electron chi connectivity index (χ3n) is 3.18. The molecule has 2 heterocycles. The molecule has 3 aromatic rings. The van der Waals surface area contributed by atoms with Crippen LogP contribution in [-0.4, -0.2) is 37.5 Å². The number of aromatic nitrogens is 4. The van der Waals surface area contributed by atoms with Crippen molar-refractivity contribution in [1.82, 2.24) is 25.0 Å². The average Bonchev–Trinajstić information content (AvgIpc) is 2.96. The molecule has 2 aromatic heterocycles. The van der Waals surface area contributed by atoms with Crippen LogP contribution in [0.15, 0.2) is 40.6 Å². The van der Waals surface area contributed by atoms with Gasteiger partial charge in [-0.3, -0.25) is 4.79 Å². The summed E-state index contributed by atoms with van der Waals surface area (Å²) >= 11 is 7.11. The van der Waals surface area contributed by atoms with E-state index in [1.165, 1.54) is 18.0 Å². The van der Waals surface area contributed by atoms with E-state index in [4.69, 9.17) is 11.6 Å². The van der Waals surface area contributed by atoms with E-state index in [-0.39, 0.29) is 11.7 Å². The predicted octanol–water partition coefficient (Wildman–Crippen LogP) is 2.64. The molecule has 0 radical (unpaired) electrons. The van der Waals surface area contributed by atoms with Crippen LogP contribution >= 0.6 is 23.4 Å². The Kier molecular flexibility index (Phi) is 5.30. The Bertz CT molecular complexity index is 955. The fourth-order valence-electron chi connectivity index (χ4n) is 2.14. The number of hydrazone groups is 1. The highest BCUT2D eigenvalue weighted by molar-refractivity contribution is 7.99. The molecule has 0 saturated heterocycles. The lowest BCUT2D eigenvalue weighted by atomic mass is 10.2. The van der Waals surface area contributed by atoms with Crippen molar-refractivity contribution in [2.24, 2.45) is 5.10 Å². The number of rotatable bonds is 5. The largest absolute Gasteiger partial charge is 0.272 e. The van der Waals surface area contributed by atoms with Crippen molar-refractivity contribution in [2.45, 2.75) is 19.0 Å². The fraction of sp³-hybridized carbons (Fsp3) is 0.188. The Hall–Kier alpha value is -2.45. The van der Waals surface area contributed by atoms with Crippen molar-refractivity contribution in [1.29, 1.82) is 0 Å². The molecule has 0 unspecified atom stereocenters. The number of hydrogen-bond donors (Lipinski definition) is 1. The molecule has 1 amide bonds. The minimum absolute atomic E-state index is 0.155. The highest BCUT2D eigenvalue weighted by atomic mass is 35.5. The normalized spacial score (nSPS) is 11.3. The van der Waals surface area contributed by atoms with Gasteiger partial charge in [0.1, 0.15) is 0 Å². The quantitative estimate of drug-likeness (QED) is 0.421. The Balaban J connectivity index is 1.56. The van der Waals surface area contributed by atoms with Gasteiger partial charge in [-0.1, -0.05) is 35.5 Å². The molecule has 0 spiro atoms. The van der Waals surface area contributed by atoms with Gasteiger partial charge < -0.3 is 0 Å². The minimum Gasteiger partial charge on any atom is -0.272 e. The summed E-state index contributed by atoms with van der Waals surface area (Å²) in [6.45, 7) is 3.84. The number of thioether (sulfide) groups is 1. The number of amides is 1. The molecule has 0 aliphatic carbocycles. The second kappa shape index (κ2) is 7.62. The zero-order valence-electron chi connectivity index (χ0n) is 13.6. The lowest BCUT2D eigenvalue weighted by Crippen LogP contribution is -2.19. The number of aryl methyl sites for hydroxylation is 2. The monoisotopic (exact) mass is 374 g/mol. The van der Waals surface area contributed by atoms with Crippen LogP contribution in [0.5, 0.6) is 0 Å². The molecule has 1 N–H and O–H groups in total. The third-order valence-corrected chi connectivity index (χ3v) is 4.26. The number of carbonyl (C=O) groups excluding carboxylic acids is 1.